The molecule has 0 N–H and O–H groups in total. The zero-order chi connectivity index (χ0) is 42.9. The lowest BCUT2D eigenvalue weighted by Crippen LogP contribution is -2.00. The van der Waals surface area contributed by atoms with E-state index in [4.69, 9.17) is 30.3 Å². The number of para-hydroxylation sites is 2. The molecule has 0 fully saturated rings. The zero-order valence-corrected chi connectivity index (χ0v) is 27.1. The summed E-state index contributed by atoms with van der Waals surface area (Å²) >= 11 is 0. The van der Waals surface area contributed by atoms with Crippen molar-refractivity contribution in [3.63, 3.8) is 0 Å². The van der Waals surface area contributed by atoms with E-state index >= 15 is 0 Å². The molecular formula is C47H28N4O. The average molecular weight is 675 g/mol. The molecule has 242 valence electrons. The van der Waals surface area contributed by atoms with E-state index in [0.29, 0.717) is 50.7 Å². The van der Waals surface area contributed by atoms with Gasteiger partial charge in [-0.2, -0.15) is 0 Å². The van der Waals surface area contributed by atoms with Crippen molar-refractivity contribution >= 4 is 65.3 Å². The number of hydrogen-bond acceptors (Lipinski definition) is 4. The first-order chi connectivity index (χ1) is 29.9. The van der Waals surface area contributed by atoms with Crippen LogP contribution in [0.1, 0.15) is 13.7 Å². The molecule has 0 saturated carbocycles. The van der Waals surface area contributed by atoms with Crippen LogP contribution in [0.4, 0.5) is 0 Å². The summed E-state index contributed by atoms with van der Waals surface area (Å²) < 4.78 is 96.9. The van der Waals surface area contributed by atoms with E-state index in [1.165, 1.54) is 4.57 Å². The van der Waals surface area contributed by atoms with E-state index in [0.717, 1.165) is 21.9 Å². The Morgan fingerprint density at radius 1 is 0.481 bits per heavy atom. The molecule has 0 atom stereocenters. The van der Waals surface area contributed by atoms with Crippen molar-refractivity contribution < 1.29 is 18.1 Å². The summed E-state index contributed by atoms with van der Waals surface area (Å²) in [4.78, 5) is 15.0. The Balaban J connectivity index is 1.26. The molecule has 0 unspecified atom stereocenters. The van der Waals surface area contributed by atoms with Gasteiger partial charge in [0.15, 0.2) is 17.5 Å². The molecule has 0 spiro atoms. The van der Waals surface area contributed by atoms with Crippen molar-refractivity contribution in [3.05, 3.63) is 170 Å². The van der Waals surface area contributed by atoms with Crippen LogP contribution < -0.4 is 0 Å². The summed E-state index contributed by atoms with van der Waals surface area (Å²) in [7, 11) is 0. The maximum Gasteiger partial charge on any atom is 0.164 e. The second-order valence-corrected chi connectivity index (χ2v) is 12.5. The fourth-order valence-corrected chi connectivity index (χ4v) is 7.17. The second-order valence-electron chi connectivity index (χ2n) is 12.5. The fraction of sp³-hybridized carbons (Fsp3) is 0. The highest BCUT2D eigenvalue weighted by Gasteiger charge is 2.22. The summed E-state index contributed by atoms with van der Waals surface area (Å²) in [5, 5.41) is 2.53. The Morgan fingerprint density at radius 2 is 1.15 bits per heavy atom. The zero-order valence-electron chi connectivity index (χ0n) is 37.1. The summed E-state index contributed by atoms with van der Waals surface area (Å²) in [5.41, 5.74) is 3.73. The number of furan rings is 1. The fourth-order valence-electron chi connectivity index (χ4n) is 7.17. The third-order valence-corrected chi connectivity index (χ3v) is 9.49. The molecule has 0 bridgehead atoms. The van der Waals surface area contributed by atoms with Gasteiger partial charge in [-0.15, -0.1) is 0 Å². The number of aromatic nitrogens is 4. The van der Waals surface area contributed by atoms with Gasteiger partial charge in [-0.05, 0) is 52.5 Å². The molecule has 8 aromatic carbocycles. The van der Waals surface area contributed by atoms with E-state index in [-0.39, 0.29) is 32.6 Å². The Bertz CT molecular complexity index is 3700. The molecular weight excluding hydrogens is 637 g/mol. The van der Waals surface area contributed by atoms with Gasteiger partial charge < -0.3 is 8.98 Å². The van der Waals surface area contributed by atoms with Crippen LogP contribution in [0.2, 0.25) is 0 Å². The SMILES string of the molecule is [2H]c1c([2H])c([2H])c2c(c1[2H])c([2H])c([2H])c1c2c2c([2H])c([2H])c([2H])c([2H])c2n1-c1ccc2cc(-c3nc(-c4ccccc4)nc(-c4ccccc4)n3)c3c4ccccc4oc3c2c1. The van der Waals surface area contributed by atoms with Crippen LogP contribution in [0.3, 0.4) is 0 Å². The Hall–Kier alpha value is -7.11. The first kappa shape index (κ1) is 20.5. The van der Waals surface area contributed by atoms with Gasteiger partial charge in [0.1, 0.15) is 11.2 Å². The van der Waals surface area contributed by atoms with Crippen molar-refractivity contribution in [2.24, 2.45) is 0 Å². The van der Waals surface area contributed by atoms with Crippen molar-refractivity contribution in [3.8, 4) is 39.9 Å². The van der Waals surface area contributed by atoms with E-state index < -0.39 is 60.4 Å². The van der Waals surface area contributed by atoms with Gasteiger partial charge in [0.2, 0.25) is 0 Å². The van der Waals surface area contributed by atoms with Gasteiger partial charge in [-0.1, -0.05) is 133 Å². The second kappa shape index (κ2) is 11.2. The summed E-state index contributed by atoms with van der Waals surface area (Å²) in [6, 6.07) is 29.3. The molecule has 11 aromatic rings. The van der Waals surface area contributed by atoms with Gasteiger partial charge in [0.05, 0.1) is 24.7 Å². The minimum Gasteiger partial charge on any atom is -0.455 e. The molecule has 0 amide bonds. The van der Waals surface area contributed by atoms with Crippen LogP contribution in [-0.2, 0) is 0 Å². The van der Waals surface area contributed by atoms with Gasteiger partial charge in [-0.25, -0.2) is 15.0 Å². The molecule has 0 saturated heterocycles. The normalized spacial score (nSPS) is 14.5. The quantitative estimate of drug-likeness (QED) is 0.186. The van der Waals surface area contributed by atoms with Crippen molar-refractivity contribution in [2.75, 3.05) is 0 Å². The summed E-state index contributed by atoms with van der Waals surface area (Å²) in [6.07, 6.45) is 0. The number of rotatable bonds is 4. The number of hydrogen-bond donors (Lipinski definition) is 0. The molecule has 3 aromatic heterocycles. The highest BCUT2D eigenvalue weighted by molar-refractivity contribution is 6.23. The molecule has 0 radical (unpaired) electrons. The Morgan fingerprint density at radius 3 is 1.94 bits per heavy atom. The van der Waals surface area contributed by atoms with Crippen LogP contribution in [-0.4, -0.2) is 19.5 Å². The lowest BCUT2D eigenvalue weighted by atomic mass is 9.99. The molecule has 0 aliphatic heterocycles. The minimum absolute atomic E-state index is 0.00146. The molecule has 52 heavy (non-hydrogen) atoms. The maximum absolute atomic E-state index is 9.37. The van der Waals surface area contributed by atoms with Gasteiger partial charge in [0, 0.05) is 49.3 Å². The average Bonchev–Trinajstić information content (AvgIpc) is 3.88. The van der Waals surface area contributed by atoms with Gasteiger partial charge in [-0.3, -0.25) is 0 Å². The van der Waals surface area contributed by atoms with Gasteiger partial charge in [0.25, 0.3) is 0 Å². The molecule has 11 rings (SSSR count). The monoisotopic (exact) mass is 674 g/mol. The Kier molecular flexibility index (Phi) is 4.42. The maximum atomic E-state index is 9.37. The lowest BCUT2D eigenvalue weighted by molar-refractivity contribution is 0.672. The van der Waals surface area contributed by atoms with E-state index in [9.17, 15) is 2.74 Å². The van der Waals surface area contributed by atoms with E-state index in [1.807, 2.05) is 97.1 Å². The standard InChI is InChI=1S/C47H28N4O/c1-3-14-30(15-4-1)45-48-46(31-16-5-2-6-17-31)50-47(49-45)38-27-32-23-25-33(28-37(32)44-43(38)36-20-10-12-22-41(36)52-44)51-39-21-11-9-19-35(39)42-34-18-8-7-13-29(34)24-26-40(42)51/h1-28H/i7D,8D,9D,11D,13D,18D,19D,21D,24D,26D. The van der Waals surface area contributed by atoms with Crippen LogP contribution in [0, 0.1) is 0 Å². The third kappa shape index (κ3) is 4.33. The van der Waals surface area contributed by atoms with E-state index in [1.54, 1.807) is 12.1 Å². The van der Waals surface area contributed by atoms with E-state index in [2.05, 4.69) is 0 Å². The van der Waals surface area contributed by atoms with Crippen LogP contribution in [0.25, 0.3) is 105 Å². The summed E-state index contributed by atoms with van der Waals surface area (Å²) in [6.45, 7) is 0. The van der Waals surface area contributed by atoms with Crippen LogP contribution in [0.15, 0.2) is 174 Å². The Labute approximate surface area is 312 Å². The third-order valence-electron chi connectivity index (χ3n) is 9.49. The number of nitrogens with zero attached hydrogens (tertiary/aromatic N) is 4. The van der Waals surface area contributed by atoms with Crippen molar-refractivity contribution in [2.45, 2.75) is 0 Å². The predicted octanol–water partition coefficient (Wildman–Crippen LogP) is 12.2. The molecule has 5 nitrogen and oxygen atoms in total. The first-order valence-corrected chi connectivity index (χ1v) is 16.6. The lowest BCUT2D eigenvalue weighted by Gasteiger charge is -2.12. The first-order valence-electron chi connectivity index (χ1n) is 21.6. The highest BCUT2D eigenvalue weighted by atomic mass is 16.3. The molecule has 0 aliphatic rings. The van der Waals surface area contributed by atoms with Crippen LogP contribution >= 0.6 is 0 Å². The molecule has 5 heteroatoms. The smallest absolute Gasteiger partial charge is 0.164 e. The van der Waals surface area contributed by atoms with Crippen LogP contribution in [0.5, 0.6) is 0 Å². The topological polar surface area (TPSA) is 56.7 Å². The van der Waals surface area contributed by atoms with Crippen molar-refractivity contribution in [1.29, 1.82) is 0 Å². The molecule has 3 heterocycles. The highest BCUT2D eigenvalue weighted by Crippen LogP contribution is 2.43. The summed E-state index contributed by atoms with van der Waals surface area (Å²) in [5.74, 6) is 1.38. The largest absolute Gasteiger partial charge is 0.455 e. The molecule has 0 aliphatic carbocycles. The van der Waals surface area contributed by atoms with Gasteiger partial charge >= 0.3 is 0 Å². The predicted molar refractivity (Wildman–Crippen MR) is 213 cm³/mol. The number of fused-ring (bicyclic) bond motifs is 10. The number of benzene rings is 8. The van der Waals surface area contributed by atoms with Crippen molar-refractivity contribution in [1.82, 2.24) is 19.5 Å². The minimum atomic E-state index is -0.575.